The molecule has 0 fully saturated rings. The van der Waals surface area contributed by atoms with Gasteiger partial charge in [-0.1, -0.05) is 0 Å². The molecule has 0 amide bonds. The van der Waals surface area contributed by atoms with Gasteiger partial charge in [-0.25, -0.2) is 0 Å². The zero-order valence-electron chi connectivity index (χ0n) is 16.4. The molecule has 0 atom stereocenters. The van der Waals surface area contributed by atoms with Gasteiger partial charge in [-0.15, -0.1) is 0 Å². The van der Waals surface area contributed by atoms with Crippen molar-refractivity contribution in [2.45, 2.75) is 51.9 Å². The van der Waals surface area contributed by atoms with Crippen LogP contribution in [0.5, 0.6) is 0 Å². The van der Waals surface area contributed by atoms with Gasteiger partial charge in [0.2, 0.25) is 0 Å². The van der Waals surface area contributed by atoms with Crippen LogP contribution in [0.4, 0.5) is 0 Å². The fourth-order valence-electron chi connectivity index (χ4n) is 3.57. The summed E-state index contributed by atoms with van der Waals surface area (Å²) < 4.78 is 0. The number of aliphatic carboxylic acids is 4. The number of nitrogens with one attached hydrogen (secondary N) is 2. The van der Waals surface area contributed by atoms with E-state index in [1.807, 2.05) is 0 Å². The molecule has 0 aromatic carbocycles. The van der Waals surface area contributed by atoms with E-state index in [1.165, 1.54) is 0 Å². The first-order chi connectivity index (χ1) is 14.1. The van der Waals surface area contributed by atoms with Crippen LogP contribution in [0.2, 0.25) is 0 Å². The standard InChI is InChI=1S/C20H24N2O8/c1-10-13(6-19(27)28)12(3-5-18(25)26)16(22-10)8-15-14(7-20(29)30)11(9-21-15)2-4-17(23)24/h9,21-22H,2-8H2,1H3,(H,23,24)(H,25,26)(H,27,28)(H,29,30). The monoisotopic (exact) mass is 420 g/mol. The molecule has 10 nitrogen and oxygen atoms in total. The van der Waals surface area contributed by atoms with Crippen LogP contribution in [0, 0.1) is 6.92 Å². The molecule has 0 saturated carbocycles. The fraction of sp³-hybridized carbons (Fsp3) is 0.400. The van der Waals surface area contributed by atoms with Crippen LogP contribution in [0.1, 0.15) is 52.2 Å². The molecule has 2 aromatic heterocycles. The van der Waals surface area contributed by atoms with Gasteiger partial charge < -0.3 is 30.4 Å². The Labute approximate surface area is 171 Å². The smallest absolute Gasteiger partial charge is 0.307 e. The molecule has 0 spiro atoms. The lowest BCUT2D eigenvalue weighted by Crippen LogP contribution is -2.08. The summed E-state index contributed by atoms with van der Waals surface area (Å²) in [7, 11) is 0. The van der Waals surface area contributed by atoms with Crippen molar-refractivity contribution in [2.24, 2.45) is 0 Å². The number of carboxylic acids is 4. The normalized spacial score (nSPS) is 10.8. The Morgan fingerprint density at radius 2 is 1.33 bits per heavy atom. The zero-order chi connectivity index (χ0) is 22.4. The maximum atomic E-state index is 11.3. The molecular weight excluding hydrogens is 396 g/mol. The summed E-state index contributed by atoms with van der Waals surface area (Å²) in [5, 5.41) is 36.4. The average molecular weight is 420 g/mol. The van der Waals surface area contributed by atoms with E-state index in [9.17, 15) is 29.4 Å². The number of hydrogen-bond donors (Lipinski definition) is 6. The molecule has 0 unspecified atom stereocenters. The number of carboxylic acid groups (broad SMARTS) is 4. The SMILES string of the molecule is Cc1[nH]c(Cc2[nH]cc(CCC(=O)O)c2CC(=O)O)c(CCC(=O)O)c1CC(=O)O. The van der Waals surface area contributed by atoms with Gasteiger partial charge in [-0.3, -0.25) is 19.2 Å². The fourth-order valence-corrected chi connectivity index (χ4v) is 3.57. The highest BCUT2D eigenvalue weighted by atomic mass is 16.4. The number of hydrogen-bond acceptors (Lipinski definition) is 4. The predicted molar refractivity (Wildman–Crippen MR) is 104 cm³/mol. The maximum Gasteiger partial charge on any atom is 0.307 e. The van der Waals surface area contributed by atoms with Crippen LogP contribution in [0.15, 0.2) is 6.20 Å². The third-order valence-corrected chi connectivity index (χ3v) is 4.90. The quantitative estimate of drug-likeness (QED) is 0.299. The Morgan fingerprint density at radius 3 is 1.90 bits per heavy atom. The second kappa shape index (κ2) is 9.77. The summed E-state index contributed by atoms with van der Waals surface area (Å²) in [6.07, 6.45) is 1.25. The van der Waals surface area contributed by atoms with E-state index >= 15 is 0 Å². The second-order valence-electron chi connectivity index (χ2n) is 7.06. The summed E-state index contributed by atoms with van der Waals surface area (Å²) in [5.74, 6) is -4.10. The van der Waals surface area contributed by atoms with Crippen molar-refractivity contribution >= 4 is 23.9 Å². The Hall–Kier alpha value is -3.56. The van der Waals surface area contributed by atoms with Gasteiger partial charge in [0.1, 0.15) is 0 Å². The third kappa shape index (κ3) is 5.97. The Bertz CT molecular complexity index is 970. The van der Waals surface area contributed by atoms with Crippen LogP contribution in [-0.2, 0) is 51.3 Å². The number of aryl methyl sites for hydroxylation is 2. The van der Waals surface area contributed by atoms with Gasteiger partial charge in [0.15, 0.2) is 0 Å². The first-order valence-corrected chi connectivity index (χ1v) is 9.32. The molecule has 2 heterocycles. The van der Waals surface area contributed by atoms with Crippen molar-refractivity contribution in [1.82, 2.24) is 9.97 Å². The van der Waals surface area contributed by atoms with Gasteiger partial charge in [0.25, 0.3) is 0 Å². The predicted octanol–water partition coefficient (Wildman–Crippen LogP) is 1.53. The first-order valence-electron chi connectivity index (χ1n) is 9.32. The Morgan fingerprint density at radius 1 is 0.767 bits per heavy atom. The van der Waals surface area contributed by atoms with Gasteiger partial charge in [0, 0.05) is 42.5 Å². The highest BCUT2D eigenvalue weighted by Crippen LogP contribution is 2.26. The van der Waals surface area contributed by atoms with Crippen molar-refractivity contribution in [2.75, 3.05) is 0 Å². The number of aromatic nitrogens is 2. The summed E-state index contributed by atoms with van der Waals surface area (Å²) in [6, 6.07) is 0. The summed E-state index contributed by atoms with van der Waals surface area (Å²) in [4.78, 5) is 50.6. The van der Waals surface area contributed by atoms with Gasteiger partial charge >= 0.3 is 23.9 Å². The average Bonchev–Trinajstić information content (AvgIpc) is 3.12. The minimum absolute atomic E-state index is 0.137. The lowest BCUT2D eigenvalue weighted by Gasteiger charge is -2.08. The van der Waals surface area contributed by atoms with Crippen LogP contribution < -0.4 is 0 Å². The molecule has 30 heavy (non-hydrogen) atoms. The first kappa shape index (κ1) is 22.7. The molecule has 0 radical (unpaired) electrons. The summed E-state index contributed by atoms with van der Waals surface area (Å²) in [6.45, 7) is 1.71. The molecule has 0 aliphatic carbocycles. The number of H-pyrrole nitrogens is 2. The third-order valence-electron chi connectivity index (χ3n) is 4.90. The number of carbonyl (C=O) groups is 4. The molecule has 0 bridgehead atoms. The molecule has 0 aliphatic heterocycles. The van der Waals surface area contributed by atoms with E-state index in [0.717, 1.165) is 0 Å². The largest absolute Gasteiger partial charge is 0.481 e. The summed E-state index contributed by atoms with van der Waals surface area (Å²) in [5.41, 5.74) is 4.00. The lowest BCUT2D eigenvalue weighted by atomic mass is 9.97. The summed E-state index contributed by atoms with van der Waals surface area (Å²) >= 11 is 0. The van der Waals surface area contributed by atoms with E-state index in [2.05, 4.69) is 9.97 Å². The van der Waals surface area contributed by atoms with Crippen LogP contribution >= 0.6 is 0 Å². The molecule has 0 aliphatic rings. The molecule has 2 rings (SSSR count). The second-order valence-corrected chi connectivity index (χ2v) is 7.06. The van der Waals surface area contributed by atoms with Crippen LogP contribution in [0.25, 0.3) is 0 Å². The highest BCUT2D eigenvalue weighted by Gasteiger charge is 2.21. The minimum Gasteiger partial charge on any atom is -0.481 e. The van der Waals surface area contributed by atoms with E-state index in [4.69, 9.17) is 10.2 Å². The molecule has 2 aromatic rings. The topological polar surface area (TPSA) is 181 Å². The van der Waals surface area contributed by atoms with Crippen molar-refractivity contribution in [3.05, 3.63) is 45.5 Å². The maximum absolute atomic E-state index is 11.3. The highest BCUT2D eigenvalue weighted by molar-refractivity contribution is 5.73. The Kier molecular flexibility index (Phi) is 7.40. The van der Waals surface area contributed by atoms with Gasteiger partial charge in [-0.2, -0.15) is 0 Å². The van der Waals surface area contributed by atoms with Crippen molar-refractivity contribution < 1.29 is 39.6 Å². The lowest BCUT2D eigenvalue weighted by molar-refractivity contribution is -0.138. The van der Waals surface area contributed by atoms with E-state index in [1.54, 1.807) is 13.1 Å². The minimum atomic E-state index is -1.06. The molecule has 6 N–H and O–H groups in total. The van der Waals surface area contributed by atoms with Crippen LogP contribution in [-0.4, -0.2) is 54.3 Å². The van der Waals surface area contributed by atoms with Gasteiger partial charge in [0.05, 0.1) is 12.8 Å². The number of aromatic amines is 2. The van der Waals surface area contributed by atoms with E-state index < -0.39 is 23.9 Å². The molecule has 0 saturated heterocycles. The molecular formula is C20H24N2O8. The van der Waals surface area contributed by atoms with Crippen molar-refractivity contribution in [1.29, 1.82) is 0 Å². The van der Waals surface area contributed by atoms with Crippen LogP contribution in [0.3, 0.4) is 0 Å². The van der Waals surface area contributed by atoms with Crippen molar-refractivity contribution in [3.8, 4) is 0 Å². The Balaban J connectivity index is 2.42. The van der Waals surface area contributed by atoms with E-state index in [-0.39, 0.29) is 44.9 Å². The molecule has 162 valence electrons. The zero-order valence-corrected chi connectivity index (χ0v) is 16.4. The number of rotatable bonds is 12. The molecule has 10 heteroatoms. The van der Waals surface area contributed by atoms with E-state index in [0.29, 0.717) is 39.3 Å². The van der Waals surface area contributed by atoms with Crippen molar-refractivity contribution in [3.63, 3.8) is 0 Å². The van der Waals surface area contributed by atoms with Gasteiger partial charge in [-0.05, 0) is 42.0 Å².